The van der Waals surface area contributed by atoms with Gasteiger partial charge in [0.15, 0.2) is 26.8 Å². The van der Waals surface area contributed by atoms with E-state index in [1.165, 1.54) is 23.5 Å². The molecule has 11 nitrogen and oxygen atoms in total. The zero-order valence-electron chi connectivity index (χ0n) is 21.9. The maximum absolute atomic E-state index is 13.4. The Hall–Kier alpha value is -3.13. The Labute approximate surface area is 231 Å². The van der Waals surface area contributed by atoms with Crippen LogP contribution >= 0.6 is 11.3 Å². The second-order valence-electron chi connectivity index (χ2n) is 9.54. The molecule has 1 aliphatic heterocycles. The van der Waals surface area contributed by atoms with Crippen LogP contribution in [-0.4, -0.2) is 81.3 Å². The van der Waals surface area contributed by atoms with E-state index >= 15 is 0 Å². The average molecular weight is 573 g/mol. The smallest absolute Gasteiger partial charge is 0.280 e. The lowest BCUT2D eigenvalue weighted by Gasteiger charge is -2.17. The lowest BCUT2D eigenvalue weighted by atomic mass is 10.1. The first-order chi connectivity index (χ1) is 18.8. The average Bonchev–Trinajstić information content (AvgIpc) is 3.53. The number of aromatic nitrogens is 2. The van der Waals surface area contributed by atoms with Gasteiger partial charge < -0.3 is 19.8 Å². The summed E-state index contributed by atoms with van der Waals surface area (Å²) in [6, 6.07) is 9.97. The Kier molecular flexibility index (Phi) is 8.40. The van der Waals surface area contributed by atoms with Crippen LogP contribution in [0.2, 0.25) is 0 Å². The van der Waals surface area contributed by atoms with Crippen molar-refractivity contribution < 1.29 is 22.8 Å². The van der Waals surface area contributed by atoms with Gasteiger partial charge in [-0.05, 0) is 43.7 Å². The van der Waals surface area contributed by atoms with E-state index < -0.39 is 15.7 Å². The molecule has 5 rings (SSSR count). The number of thiazole rings is 1. The second-order valence-corrected chi connectivity index (χ2v) is 12.7. The number of hydrogen-bond donors (Lipinski definition) is 2. The standard InChI is InChI=1S/C26H32N6O5S2/c1-3-27-13-14-32(2)22-11-10-21-25(29-22)38-26(28-21)30-24(33)23(31-37-18-12-15-36-16-18)17-4-6-19(7-5-17)39(34,35)20-8-9-20/h4-7,10-11,18,20,27H,3,8-9,12-16H2,1-2H3,(H,28,30,33)/t18-/m1/s1. The van der Waals surface area contributed by atoms with Gasteiger partial charge in [0, 0.05) is 32.1 Å². The third-order valence-electron chi connectivity index (χ3n) is 6.54. The maximum atomic E-state index is 13.4. The van der Waals surface area contributed by atoms with E-state index in [1.54, 1.807) is 12.1 Å². The minimum atomic E-state index is -3.34. The van der Waals surface area contributed by atoms with Crippen LogP contribution in [0.4, 0.5) is 10.9 Å². The van der Waals surface area contributed by atoms with Gasteiger partial charge in [-0.1, -0.05) is 35.5 Å². The summed E-state index contributed by atoms with van der Waals surface area (Å²) < 4.78 is 30.5. The Morgan fingerprint density at radius 3 is 2.67 bits per heavy atom. The molecule has 0 unspecified atom stereocenters. The van der Waals surface area contributed by atoms with Crippen LogP contribution in [0.1, 0.15) is 31.7 Å². The summed E-state index contributed by atoms with van der Waals surface area (Å²) >= 11 is 1.27. The number of amides is 1. The van der Waals surface area contributed by atoms with E-state index in [9.17, 15) is 13.2 Å². The number of anilines is 2. The Bertz CT molecular complexity index is 1450. The van der Waals surface area contributed by atoms with Gasteiger partial charge in [-0.3, -0.25) is 10.1 Å². The Morgan fingerprint density at radius 2 is 1.97 bits per heavy atom. The number of hydrogen-bond acceptors (Lipinski definition) is 11. The molecular formula is C26H32N6O5S2. The number of carbonyl (C=O) groups is 1. The molecule has 1 aliphatic carbocycles. The predicted octanol–water partition coefficient (Wildman–Crippen LogP) is 2.82. The molecule has 39 heavy (non-hydrogen) atoms. The van der Waals surface area contributed by atoms with E-state index in [0.29, 0.717) is 53.5 Å². The number of sulfone groups is 1. The van der Waals surface area contributed by atoms with Gasteiger partial charge in [-0.15, -0.1) is 0 Å². The number of ether oxygens (including phenoxy) is 1. The fourth-order valence-electron chi connectivity index (χ4n) is 4.09. The molecule has 208 valence electrons. The molecule has 1 atom stereocenters. The molecule has 0 radical (unpaired) electrons. The van der Waals surface area contributed by atoms with Gasteiger partial charge in [-0.25, -0.2) is 18.4 Å². The van der Waals surface area contributed by atoms with Crippen molar-refractivity contribution in [2.75, 3.05) is 50.1 Å². The highest BCUT2D eigenvalue weighted by Gasteiger charge is 2.36. The topological polar surface area (TPSA) is 135 Å². The molecule has 0 spiro atoms. The molecule has 2 aromatic heterocycles. The summed E-state index contributed by atoms with van der Waals surface area (Å²) in [5.41, 5.74) is 1.13. The van der Waals surface area contributed by atoms with Crippen LogP contribution in [0.15, 0.2) is 46.4 Å². The van der Waals surface area contributed by atoms with E-state index in [4.69, 9.17) is 14.6 Å². The Morgan fingerprint density at radius 1 is 1.18 bits per heavy atom. The SMILES string of the molecule is CCNCCN(C)c1ccc2nc(NC(=O)C(=NO[C@@H]3CCOC3)c3ccc(S(=O)(=O)C4CC4)cc3)sc2n1. The van der Waals surface area contributed by atoms with Gasteiger partial charge in [0.1, 0.15) is 16.2 Å². The molecule has 1 saturated heterocycles. The lowest BCUT2D eigenvalue weighted by molar-refractivity contribution is -0.110. The van der Waals surface area contributed by atoms with E-state index in [2.05, 4.69) is 32.6 Å². The molecule has 1 saturated carbocycles. The first-order valence-corrected chi connectivity index (χ1v) is 15.4. The molecule has 1 aromatic carbocycles. The number of benzene rings is 1. The van der Waals surface area contributed by atoms with Crippen molar-refractivity contribution in [2.24, 2.45) is 5.16 Å². The third-order valence-corrected chi connectivity index (χ3v) is 9.70. The van der Waals surface area contributed by atoms with Gasteiger partial charge in [0.05, 0.1) is 23.4 Å². The summed E-state index contributed by atoms with van der Waals surface area (Å²) in [6.07, 6.45) is 1.78. The molecule has 2 aliphatic rings. The van der Waals surface area contributed by atoms with Crippen molar-refractivity contribution >= 4 is 54.1 Å². The molecule has 2 fully saturated rings. The number of rotatable bonds is 12. The number of nitrogens with one attached hydrogen (secondary N) is 2. The van der Waals surface area contributed by atoms with Crippen LogP contribution in [0, 0.1) is 0 Å². The minimum absolute atomic E-state index is 0.0216. The van der Waals surface area contributed by atoms with Crippen LogP contribution in [0.5, 0.6) is 0 Å². The van der Waals surface area contributed by atoms with Gasteiger partial charge in [0.25, 0.3) is 5.91 Å². The molecule has 3 heterocycles. The van der Waals surface area contributed by atoms with Crippen molar-refractivity contribution in [3.05, 3.63) is 42.0 Å². The summed E-state index contributed by atoms with van der Waals surface area (Å²) in [7, 11) is -1.36. The fraction of sp³-hybridized carbons (Fsp3) is 0.462. The normalized spacial score (nSPS) is 17.9. The lowest BCUT2D eigenvalue weighted by Crippen LogP contribution is -2.29. The molecule has 1 amide bonds. The van der Waals surface area contributed by atoms with E-state index in [0.717, 1.165) is 25.5 Å². The van der Waals surface area contributed by atoms with Crippen molar-refractivity contribution in [1.82, 2.24) is 15.3 Å². The quantitative estimate of drug-likeness (QED) is 0.191. The van der Waals surface area contributed by atoms with Gasteiger partial charge in [0.2, 0.25) is 0 Å². The van der Waals surface area contributed by atoms with Crippen molar-refractivity contribution in [1.29, 1.82) is 0 Å². The van der Waals surface area contributed by atoms with Crippen molar-refractivity contribution in [2.45, 2.75) is 42.4 Å². The van der Waals surface area contributed by atoms with Crippen molar-refractivity contribution in [3.63, 3.8) is 0 Å². The molecule has 13 heteroatoms. The largest absolute Gasteiger partial charge is 0.389 e. The third kappa shape index (κ3) is 6.55. The Balaban J connectivity index is 1.35. The van der Waals surface area contributed by atoms with Crippen molar-refractivity contribution in [3.8, 4) is 0 Å². The number of likely N-dealkylation sites (N-methyl/N-ethyl adjacent to an activating group) is 2. The number of fused-ring (bicyclic) bond motifs is 1. The molecule has 0 bridgehead atoms. The van der Waals surface area contributed by atoms with Crippen LogP contribution in [0.25, 0.3) is 10.3 Å². The van der Waals surface area contributed by atoms with E-state index in [-0.39, 0.29) is 22.0 Å². The first-order valence-electron chi connectivity index (χ1n) is 13.0. The van der Waals surface area contributed by atoms with Gasteiger partial charge >= 0.3 is 0 Å². The number of pyridine rings is 1. The second kappa shape index (κ2) is 11.9. The van der Waals surface area contributed by atoms with Crippen LogP contribution in [-0.2, 0) is 24.2 Å². The number of nitrogens with zero attached hydrogens (tertiary/aromatic N) is 4. The molecule has 2 N–H and O–H groups in total. The van der Waals surface area contributed by atoms with Crippen LogP contribution in [0.3, 0.4) is 0 Å². The monoisotopic (exact) mass is 572 g/mol. The predicted molar refractivity (Wildman–Crippen MR) is 151 cm³/mol. The van der Waals surface area contributed by atoms with E-state index in [1.807, 2.05) is 19.2 Å². The summed E-state index contributed by atoms with van der Waals surface area (Å²) in [6.45, 7) is 5.60. The maximum Gasteiger partial charge on any atom is 0.280 e. The minimum Gasteiger partial charge on any atom is -0.389 e. The van der Waals surface area contributed by atoms with Gasteiger partial charge in [-0.2, -0.15) is 0 Å². The summed E-state index contributed by atoms with van der Waals surface area (Å²) in [4.78, 5) is 31.2. The number of carbonyl (C=O) groups excluding carboxylic acids is 1. The zero-order valence-corrected chi connectivity index (χ0v) is 23.6. The summed E-state index contributed by atoms with van der Waals surface area (Å²) in [5, 5.41) is 10.3. The highest BCUT2D eigenvalue weighted by atomic mass is 32.2. The zero-order chi connectivity index (χ0) is 27.4. The molecular weight excluding hydrogens is 540 g/mol. The highest BCUT2D eigenvalue weighted by molar-refractivity contribution is 7.92. The first kappa shape index (κ1) is 27.4. The number of oxime groups is 1. The summed E-state index contributed by atoms with van der Waals surface area (Å²) in [5.74, 6) is 0.298. The highest BCUT2D eigenvalue weighted by Crippen LogP contribution is 2.33. The fourth-order valence-corrected chi connectivity index (χ4v) is 6.57. The molecule has 3 aromatic rings. The van der Waals surface area contributed by atoms with Crippen LogP contribution < -0.4 is 15.5 Å².